The first-order chi connectivity index (χ1) is 7.65. The summed E-state index contributed by atoms with van der Waals surface area (Å²) in [5.41, 5.74) is 8.32. The van der Waals surface area contributed by atoms with Crippen molar-refractivity contribution in [3.63, 3.8) is 0 Å². The summed E-state index contributed by atoms with van der Waals surface area (Å²) in [6.07, 6.45) is 5.21. The van der Waals surface area contributed by atoms with Gasteiger partial charge in [-0.15, -0.1) is 0 Å². The van der Waals surface area contributed by atoms with Crippen molar-refractivity contribution in [3.8, 4) is 0 Å². The Kier molecular flexibility index (Phi) is 2.13. The molecule has 1 fully saturated rings. The number of fused-ring (bicyclic) bond motifs is 1. The molecule has 2 aliphatic carbocycles. The molecule has 1 aromatic heterocycles. The maximum atomic E-state index is 10.6. The SMILES string of the molecule is Cn1nc2c(c1C1CC1)C(O)(CN)CCC2. The minimum Gasteiger partial charge on any atom is -0.384 e. The van der Waals surface area contributed by atoms with Crippen molar-refractivity contribution in [1.29, 1.82) is 0 Å². The van der Waals surface area contributed by atoms with Gasteiger partial charge in [0.05, 0.1) is 5.69 Å². The van der Waals surface area contributed by atoms with Crippen LogP contribution in [0.5, 0.6) is 0 Å². The Morgan fingerprint density at radius 2 is 2.31 bits per heavy atom. The molecule has 1 heterocycles. The van der Waals surface area contributed by atoms with Gasteiger partial charge in [-0.05, 0) is 32.1 Å². The Morgan fingerprint density at radius 3 is 2.94 bits per heavy atom. The maximum Gasteiger partial charge on any atom is 0.105 e. The molecule has 0 spiro atoms. The van der Waals surface area contributed by atoms with Crippen LogP contribution in [0.3, 0.4) is 0 Å². The highest BCUT2D eigenvalue weighted by atomic mass is 16.3. The van der Waals surface area contributed by atoms with Crippen LogP contribution in [-0.2, 0) is 19.1 Å². The summed E-state index contributed by atoms with van der Waals surface area (Å²) in [6.45, 7) is 0.311. The molecule has 0 radical (unpaired) electrons. The summed E-state index contributed by atoms with van der Waals surface area (Å²) in [4.78, 5) is 0. The van der Waals surface area contributed by atoms with E-state index in [0.717, 1.165) is 30.5 Å². The highest BCUT2D eigenvalue weighted by Gasteiger charge is 2.42. The smallest absolute Gasteiger partial charge is 0.105 e. The summed E-state index contributed by atoms with van der Waals surface area (Å²) < 4.78 is 1.97. The molecule has 0 saturated heterocycles. The van der Waals surface area contributed by atoms with Gasteiger partial charge in [0, 0.05) is 30.8 Å². The van der Waals surface area contributed by atoms with E-state index in [9.17, 15) is 5.11 Å². The average Bonchev–Trinajstić information content (AvgIpc) is 3.02. The van der Waals surface area contributed by atoms with E-state index in [0.29, 0.717) is 12.5 Å². The van der Waals surface area contributed by atoms with Gasteiger partial charge in [-0.1, -0.05) is 0 Å². The predicted molar refractivity (Wildman–Crippen MR) is 61.1 cm³/mol. The first kappa shape index (κ1) is 10.3. The Morgan fingerprint density at radius 1 is 1.56 bits per heavy atom. The van der Waals surface area contributed by atoms with Gasteiger partial charge in [-0.25, -0.2) is 0 Å². The van der Waals surface area contributed by atoms with Gasteiger partial charge in [0.1, 0.15) is 5.60 Å². The first-order valence-electron chi connectivity index (χ1n) is 6.14. The average molecular weight is 221 g/mol. The lowest BCUT2D eigenvalue weighted by Crippen LogP contribution is -2.38. The van der Waals surface area contributed by atoms with E-state index < -0.39 is 5.60 Å². The predicted octanol–water partition coefficient (Wildman–Crippen LogP) is 0.780. The third-order valence-corrected chi connectivity index (χ3v) is 3.94. The number of nitrogens with two attached hydrogens (primary N) is 1. The first-order valence-corrected chi connectivity index (χ1v) is 6.14. The number of aryl methyl sites for hydroxylation is 2. The molecule has 88 valence electrons. The van der Waals surface area contributed by atoms with Crippen LogP contribution >= 0.6 is 0 Å². The van der Waals surface area contributed by atoms with Crippen LogP contribution in [0, 0.1) is 0 Å². The van der Waals surface area contributed by atoms with Crippen molar-refractivity contribution in [3.05, 3.63) is 17.0 Å². The minimum absolute atomic E-state index is 0.311. The Bertz CT molecular complexity index is 422. The fourth-order valence-electron chi connectivity index (χ4n) is 2.98. The molecule has 4 nitrogen and oxygen atoms in total. The molecule has 4 heteroatoms. The zero-order chi connectivity index (χ0) is 11.3. The molecule has 1 saturated carbocycles. The van der Waals surface area contributed by atoms with Crippen molar-refractivity contribution < 1.29 is 5.11 Å². The highest BCUT2D eigenvalue weighted by molar-refractivity contribution is 5.39. The van der Waals surface area contributed by atoms with E-state index in [-0.39, 0.29) is 0 Å². The summed E-state index contributed by atoms with van der Waals surface area (Å²) in [5.74, 6) is 0.609. The maximum absolute atomic E-state index is 10.6. The van der Waals surface area contributed by atoms with Crippen LogP contribution in [0.25, 0.3) is 0 Å². The fourth-order valence-corrected chi connectivity index (χ4v) is 2.98. The molecule has 3 rings (SSSR count). The second-order valence-corrected chi connectivity index (χ2v) is 5.19. The zero-order valence-electron chi connectivity index (χ0n) is 9.74. The van der Waals surface area contributed by atoms with Crippen LogP contribution < -0.4 is 5.73 Å². The molecule has 0 bridgehead atoms. The molecule has 1 atom stereocenters. The van der Waals surface area contributed by atoms with Crippen LogP contribution in [0.15, 0.2) is 0 Å². The van der Waals surface area contributed by atoms with E-state index in [2.05, 4.69) is 5.10 Å². The molecular formula is C12H19N3O. The second kappa shape index (κ2) is 3.31. The number of nitrogens with zero attached hydrogens (tertiary/aromatic N) is 2. The molecule has 0 aliphatic heterocycles. The Balaban J connectivity index is 2.16. The van der Waals surface area contributed by atoms with Gasteiger partial charge in [0.15, 0.2) is 0 Å². The molecule has 0 aromatic carbocycles. The van der Waals surface area contributed by atoms with E-state index in [4.69, 9.17) is 5.73 Å². The molecule has 0 amide bonds. The quantitative estimate of drug-likeness (QED) is 0.775. The molecule has 1 unspecified atom stereocenters. The third-order valence-electron chi connectivity index (χ3n) is 3.94. The highest BCUT2D eigenvalue weighted by Crippen LogP contribution is 2.47. The Labute approximate surface area is 95.4 Å². The van der Waals surface area contributed by atoms with Crippen molar-refractivity contribution in [2.24, 2.45) is 12.8 Å². The molecular weight excluding hydrogens is 202 g/mol. The number of aromatic nitrogens is 2. The number of hydrogen-bond acceptors (Lipinski definition) is 3. The van der Waals surface area contributed by atoms with Crippen molar-refractivity contribution in [2.75, 3.05) is 6.54 Å². The van der Waals surface area contributed by atoms with E-state index >= 15 is 0 Å². The summed E-state index contributed by atoms with van der Waals surface area (Å²) in [5, 5.41) is 15.2. The van der Waals surface area contributed by atoms with Crippen LogP contribution in [0.2, 0.25) is 0 Å². The molecule has 3 N–H and O–H groups in total. The van der Waals surface area contributed by atoms with Gasteiger partial charge < -0.3 is 10.8 Å². The number of hydrogen-bond donors (Lipinski definition) is 2. The lowest BCUT2D eigenvalue weighted by atomic mass is 9.80. The van der Waals surface area contributed by atoms with Crippen molar-refractivity contribution in [2.45, 2.75) is 43.6 Å². The van der Waals surface area contributed by atoms with E-state index in [1.807, 2.05) is 11.7 Å². The van der Waals surface area contributed by atoms with Crippen molar-refractivity contribution >= 4 is 0 Å². The summed E-state index contributed by atoms with van der Waals surface area (Å²) in [7, 11) is 1.99. The van der Waals surface area contributed by atoms with Crippen LogP contribution in [0.1, 0.15) is 48.6 Å². The van der Waals surface area contributed by atoms with Gasteiger partial charge >= 0.3 is 0 Å². The third kappa shape index (κ3) is 1.33. The van der Waals surface area contributed by atoms with Gasteiger partial charge in [0.25, 0.3) is 0 Å². The largest absolute Gasteiger partial charge is 0.384 e. The molecule has 1 aromatic rings. The monoisotopic (exact) mass is 221 g/mol. The number of aliphatic hydroxyl groups is 1. The second-order valence-electron chi connectivity index (χ2n) is 5.19. The molecule has 16 heavy (non-hydrogen) atoms. The zero-order valence-corrected chi connectivity index (χ0v) is 9.74. The van der Waals surface area contributed by atoms with Crippen molar-refractivity contribution in [1.82, 2.24) is 9.78 Å². The summed E-state index contributed by atoms with van der Waals surface area (Å²) in [6, 6.07) is 0. The van der Waals surface area contributed by atoms with Crippen LogP contribution in [-0.4, -0.2) is 21.4 Å². The normalized spacial score (nSPS) is 29.2. The lowest BCUT2D eigenvalue weighted by Gasteiger charge is -2.31. The van der Waals surface area contributed by atoms with Crippen LogP contribution in [0.4, 0.5) is 0 Å². The standard InChI is InChI=1S/C12H19N3O/c1-15-11(8-4-5-8)10-9(14-15)3-2-6-12(10,16)7-13/h8,16H,2-7,13H2,1H3. The van der Waals surface area contributed by atoms with Gasteiger partial charge in [0.2, 0.25) is 0 Å². The topological polar surface area (TPSA) is 64.1 Å². The number of rotatable bonds is 2. The van der Waals surface area contributed by atoms with E-state index in [1.54, 1.807) is 0 Å². The fraction of sp³-hybridized carbons (Fsp3) is 0.750. The summed E-state index contributed by atoms with van der Waals surface area (Å²) >= 11 is 0. The lowest BCUT2D eigenvalue weighted by molar-refractivity contribution is 0.0269. The van der Waals surface area contributed by atoms with E-state index in [1.165, 1.54) is 18.5 Å². The Hall–Kier alpha value is -0.870. The minimum atomic E-state index is -0.820. The van der Waals surface area contributed by atoms with Gasteiger partial charge in [-0.2, -0.15) is 5.10 Å². The molecule has 2 aliphatic rings. The van der Waals surface area contributed by atoms with Gasteiger partial charge in [-0.3, -0.25) is 4.68 Å².